The molecule has 1 aliphatic heterocycles. The molecule has 11 heteroatoms. The van der Waals surface area contributed by atoms with Crippen molar-refractivity contribution in [2.75, 3.05) is 20.2 Å². The van der Waals surface area contributed by atoms with Crippen molar-refractivity contribution in [2.45, 2.75) is 30.9 Å². The lowest BCUT2D eigenvalue weighted by atomic mass is 9.97. The quantitative estimate of drug-likeness (QED) is 0.613. The Morgan fingerprint density at radius 1 is 1.16 bits per heavy atom. The number of piperidine rings is 1. The molecule has 0 bridgehead atoms. The summed E-state index contributed by atoms with van der Waals surface area (Å²) in [5.74, 6) is -0.472. The van der Waals surface area contributed by atoms with E-state index in [1.165, 1.54) is 47.8 Å². The van der Waals surface area contributed by atoms with Gasteiger partial charge in [0, 0.05) is 30.6 Å². The molecule has 0 aromatic heterocycles. The highest BCUT2D eigenvalue weighted by Gasteiger charge is 2.32. The Morgan fingerprint density at radius 2 is 1.81 bits per heavy atom. The van der Waals surface area contributed by atoms with Gasteiger partial charge < -0.3 is 14.8 Å². The molecule has 0 radical (unpaired) electrons. The number of rotatable bonds is 8. The van der Waals surface area contributed by atoms with E-state index in [0.29, 0.717) is 23.4 Å². The zero-order valence-electron chi connectivity index (χ0n) is 17.3. The lowest BCUT2D eigenvalue weighted by Gasteiger charge is -2.30. The minimum atomic E-state index is -3.64. The molecule has 0 unspecified atom stereocenters. The summed E-state index contributed by atoms with van der Waals surface area (Å²) in [6.07, 6.45) is 0.784. The summed E-state index contributed by atoms with van der Waals surface area (Å²) >= 11 is 5.82. The molecule has 2 aromatic rings. The number of benzene rings is 2. The van der Waals surface area contributed by atoms with Crippen molar-refractivity contribution < 1.29 is 31.5 Å². The van der Waals surface area contributed by atoms with Crippen molar-refractivity contribution in [3.05, 3.63) is 53.1 Å². The minimum Gasteiger partial charge on any atom is -0.493 e. The van der Waals surface area contributed by atoms with Crippen LogP contribution in [0.15, 0.2) is 47.4 Å². The summed E-state index contributed by atoms with van der Waals surface area (Å²) in [5, 5.41) is 3.26. The molecule has 1 N–H and O–H groups in total. The fourth-order valence-electron chi connectivity index (χ4n) is 3.46. The van der Waals surface area contributed by atoms with Gasteiger partial charge in [-0.3, -0.25) is 4.79 Å². The van der Waals surface area contributed by atoms with Crippen LogP contribution in [0.4, 0.5) is 8.78 Å². The van der Waals surface area contributed by atoms with Gasteiger partial charge in [-0.05, 0) is 54.8 Å². The molecule has 7 nitrogen and oxygen atoms in total. The third kappa shape index (κ3) is 5.87. The summed E-state index contributed by atoms with van der Waals surface area (Å²) in [7, 11) is -2.30. The van der Waals surface area contributed by atoms with Gasteiger partial charge in [-0.1, -0.05) is 17.7 Å². The number of methoxy groups -OCH3 is 1. The normalized spacial score (nSPS) is 15.5. The molecule has 1 saturated heterocycles. The highest BCUT2D eigenvalue weighted by atomic mass is 35.5. The molecule has 0 spiro atoms. The van der Waals surface area contributed by atoms with Crippen LogP contribution >= 0.6 is 11.6 Å². The number of hydrogen-bond donors (Lipinski definition) is 1. The van der Waals surface area contributed by atoms with Gasteiger partial charge >= 0.3 is 6.61 Å². The molecule has 1 amide bonds. The molecule has 1 heterocycles. The smallest absolute Gasteiger partial charge is 0.387 e. The Balaban J connectivity index is 1.54. The van der Waals surface area contributed by atoms with Gasteiger partial charge in [0.05, 0.1) is 12.0 Å². The molecule has 0 saturated carbocycles. The second kappa shape index (κ2) is 10.5. The molecule has 0 aliphatic carbocycles. The lowest BCUT2D eigenvalue weighted by molar-refractivity contribution is -0.126. The van der Waals surface area contributed by atoms with E-state index >= 15 is 0 Å². The Hall–Kier alpha value is -2.43. The predicted molar refractivity (Wildman–Crippen MR) is 114 cm³/mol. The molecule has 2 aromatic carbocycles. The second-order valence-corrected chi connectivity index (χ2v) is 9.59. The first kappa shape index (κ1) is 24.2. The molecule has 1 aliphatic rings. The SMILES string of the molecule is COc1cc(CNC(=O)C2CCN(S(=O)(=O)c3ccc(Cl)cc3)CC2)ccc1OC(F)F. The van der Waals surface area contributed by atoms with Gasteiger partial charge in [-0.15, -0.1) is 0 Å². The zero-order chi connectivity index (χ0) is 23.3. The van der Waals surface area contributed by atoms with Gasteiger partial charge in [0.25, 0.3) is 0 Å². The van der Waals surface area contributed by atoms with E-state index in [4.69, 9.17) is 16.3 Å². The van der Waals surface area contributed by atoms with Crippen molar-refractivity contribution in [3.8, 4) is 11.5 Å². The maximum Gasteiger partial charge on any atom is 0.387 e. The van der Waals surface area contributed by atoms with Gasteiger partial charge in [0.1, 0.15) is 0 Å². The van der Waals surface area contributed by atoms with Crippen LogP contribution in [0.1, 0.15) is 18.4 Å². The number of halogens is 3. The third-order valence-electron chi connectivity index (χ3n) is 5.19. The number of alkyl halides is 2. The summed E-state index contributed by atoms with van der Waals surface area (Å²) in [6, 6.07) is 10.4. The fraction of sp³-hybridized carbons (Fsp3) is 0.381. The van der Waals surface area contributed by atoms with Gasteiger partial charge in [0.15, 0.2) is 11.5 Å². The molecule has 174 valence electrons. The first-order valence-electron chi connectivity index (χ1n) is 9.86. The third-order valence-corrected chi connectivity index (χ3v) is 7.35. The first-order chi connectivity index (χ1) is 15.2. The largest absolute Gasteiger partial charge is 0.493 e. The summed E-state index contributed by atoms with van der Waals surface area (Å²) < 4.78 is 61.2. The van der Waals surface area contributed by atoms with Crippen LogP contribution in [0.25, 0.3) is 0 Å². The Labute approximate surface area is 190 Å². The van der Waals surface area contributed by atoms with E-state index in [-0.39, 0.29) is 47.9 Å². The van der Waals surface area contributed by atoms with Crippen LogP contribution in [0.3, 0.4) is 0 Å². The topological polar surface area (TPSA) is 84.9 Å². The van der Waals surface area contributed by atoms with Crippen LogP contribution in [-0.4, -0.2) is 45.4 Å². The van der Waals surface area contributed by atoms with Crippen molar-refractivity contribution in [1.29, 1.82) is 0 Å². The predicted octanol–water partition coefficient (Wildman–Crippen LogP) is 3.67. The van der Waals surface area contributed by atoms with E-state index in [1.807, 2.05) is 0 Å². The number of nitrogens with zero attached hydrogens (tertiary/aromatic N) is 1. The van der Waals surface area contributed by atoms with Crippen molar-refractivity contribution in [3.63, 3.8) is 0 Å². The molecule has 3 rings (SSSR count). The standard InChI is InChI=1S/C21H23ClF2N2O5S/c1-30-19-12-14(2-7-18(19)31-21(23)24)13-25-20(27)15-8-10-26(11-9-15)32(28,29)17-5-3-16(22)4-6-17/h2-7,12,15,21H,8-11,13H2,1H3,(H,25,27). The molecular formula is C21H23ClF2N2O5S. The van der Waals surface area contributed by atoms with Gasteiger partial charge in [-0.25, -0.2) is 8.42 Å². The number of hydrogen-bond acceptors (Lipinski definition) is 5. The number of sulfonamides is 1. The summed E-state index contributed by atoms with van der Waals surface area (Å²) in [4.78, 5) is 12.7. The van der Waals surface area contributed by atoms with E-state index < -0.39 is 16.6 Å². The van der Waals surface area contributed by atoms with Crippen LogP contribution < -0.4 is 14.8 Å². The van der Waals surface area contributed by atoms with Crippen LogP contribution in [-0.2, 0) is 21.4 Å². The van der Waals surface area contributed by atoms with Crippen LogP contribution in [0.5, 0.6) is 11.5 Å². The number of amides is 1. The van der Waals surface area contributed by atoms with Gasteiger partial charge in [0.2, 0.25) is 15.9 Å². The van der Waals surface area contributed by atoms with Gasteiger partial charge in [-0.2, -0.15) is 13.1 Å². The maximum atomic E-state index is 12.8. The number of carbonyl (C=O) groups is 1. The number of nitrogens with one attached hydrogen (secondary N) is 1. The fourth-order valence-corrected chi connectivity index (χ4v) is 5.06. The summed E-state index contributed by atoms with van der Waals surface area (Å²) in [5.41, 5.74) is 0.652. The lowest BCUT2D eigenvalue weighted by Crippen LogP contribution is -2.42. The highest BCUT2D eigenvalue weighted by Crippen LogP contribution is 2.30. The van der Waals surface area contributed by atoms with E-state index in [1.54, 1.807) is 6.07 Å². The Bertz CT molecular complexity index is 1040. The Morgan fingerprint density at radius 3 is 2.41 bits per heavy atom. The zero-order valence-corrected chi connectivity index (χ0v) is 18.8. The van der Waals surface area contributed by atoms with E-state index in [0.717, 1.165) is 0 Å². The molecule has 32 heavy (non-hydrogen) atoms. The molecule has 1 fully saturated rings. The van der Waals surface area contributed by atoms with Crippen molar-refractivity contribution in [2.24, 2.45) is 5.92 Å². The monoisotopic (exact) mass is 488 g/mol. The second-order valence-electron chi connectivity index (χ2n) is 7.21. The van der Waals surface area contributed by atoms with Crippen molar-refractivity contribution in [1.82, 2.24) is 9.62 Å². The molecular weight excluding hydrogens is 466 g/mol. The highest BCUT2D eigenvalue weighted by molar-refractivity contribution is 7.89. The van der Waals surface area contributed by atoms with E-state index in [2.05, 4.69) is 10.1 Å². The van der Waals surface area contributed by atoms with Crippen LogP contribution in [0, 0.1) is 5.92 Å². The van der Waals surface area contributed by atoms with Crippen molar-refractivity contribution >= 4 is 27.5 Å². The first-order valence-corrected chi connectivity index (χ1v) is 11.7. The number of carbonyl (C=O) groups excluding carboxylic acids is 1. The average Bonchev–Trinajstić information content (AvgIpc) is 2.78. The summed E-state index contributed by atoms with van der Waals surface area (Å²) in [6.45, 7) is -2.33. The van der Waals surface area contributed by atoms with E-state index in [9.17, 15) is 22.0 Å². The maximum absolute atomic E-state index is 12.8. The Kier molecular flexibility index (Phi) is 7.91. The van der Waals surface area contributed by atoms with Crippen LogP contribution in [0.2, 0.25) is 5.02 Å². The molecule has 0 atom stereocenters. The average molecular weight is 489 g/mol. The minimum absolute atomic E-state index is 0.0909. The number of ether oxygens (including phenoxy) is 2.